The van der Waals surface area contributed by atoms with Crippen LogP contribution in [0.25, 0.3) is 0 Å². The van der Waals surface area contributed by atoms with E-state index in [1.807, 2.05) is 6.92 Å². The van der Waals surface area contributed by atoms with Gasteiger partial charge in [-0.2, -0.15) is 4.31 Å². The van der Waals surface area contributed by atoms with Crippen LogP contribution in [0.15, 0.2) is 23.2 Å². The van der Waals surface area contributed by atoms with E-state index < -0.39 is 10.0 Å². The van der Waals surface area contributed by atoms with Gasteiger partial charge in [-0.15, -0.1) is 0 Å². The second kappa shape index (κ2) is 8.15. The van der Waals surface area contributed by atoms with E-state index >= 15 is 0 Å². The van der Waals surface area contributed by atoms with Crippen LogP contribution in [0.3, 0.4) is 0 Å². The standard InChI is InChI=1S/C12H21N3O4S/c1-2-4-13-12-10-11(3-5-14-12)20(18,19)15(6-8-16)7-9-17/h3,5,10,16-17H,2,4,6-9H2,1H3,(H,13,14). The molecule has 0 saturated carbocycles. The van der Waals surface area contributed by atoms with Gasteiger partial charge in [0, 0.05) is 31.9 Å². The Morgan fingerprint density at radius 3 is 2.50 bits per heavy atom. The number of pyridine rings is 1. The van der Waals surface area contributed by atoms with E-state index in [1.165, 1.54) is 18.3 Å². The van der Waals surface area contributed by atoms with E-state index in [4.69, 9.17) is 10.2 Å². The number of aliphatic hydroxyl groups is 2. The lowest BCUT2D eigenvalue weighted by Crippen LogP contribution is -2.35. The van der Waals surface area contributed by atoms with Gasteiger partial charge in [-0.05, 0) is 12.5 Å². The number of hydrogen-bond donors (Lipinski definition) is 3. The predicted octanol–water partition coefficient (Wildman–Crippen LogP) is -0.121. The Kier molecular flexibility index (Phi) is 6.86. The smallest absolute Gasteiger partial charge is 0.243 e. The van der Waals surface area contributed by atoms with Crippen LogP contribution in [0.2, 0.25) is 0 Å². The Morgan fingerprint density at radius 2 is 1.95 bits per heavy atom. The van der Waals surface area contributed by atoms with Crippen LogP contribution in [0.4, 0.5) is 5.82 Å². The van der Waals surface area contributed by atoms with Crippen LogP contribution >= 0.6 is 0 Å². The van der Waals surface area contributed by atoms with Crippen molar-refractivity contribution in [1.29, 1.82) is 0 Å². The van der Waals surface area contributed by atoms with Crippen molar-refractivity contribution in [3.8, 4) is 0 Å². The predicted molar refractivity (Wildman–Crippen MR) is 75.9 cm³/mol. The summed E-state index contributed by atoms with van der Waals surface area (Å²) in [4.78, 5) is 4.14. The molecule has 0 atom stereocenters. The van der Waals surface area contributed by atoms with Crippen LogP contribution in [0, 0.1) is 0 Å². The van der Waals surface area contributed by atoms with Gasteiger partial charge >= 0.3 is 0 Å². The first-order valence-corrected chi connectivity index (χ1v) is 7.92. The van der Waals surface area contributed by atoms with Gasteiger partial charge in [-0.3, -0.25) is 0 Å². The van der Waals surface area contributed by atoms with E-state index in [0.717, 1.165) is 10.7 Å². The average Bonchev–Trinajstić information content (AvgIpc) is 2.45. The molecule has 0 aliphatic carbocycles. The molecule has 0 radical (unpaired) electrons. The molecule has 0 aliphatic rings. The minimum Gasteiger partial charge on any atom is -0.395 e. The zero-order chi connectivity index (χ0) is 15.0. The number of rotatable bonds is 9. The third-order valence-electron chi connectivity index (χ3n) is 2.62. The Morgan fingerprint density at radius 1 is 1.30 bits per heavy atom. The van der Waals surface area contributed by atoms with Crippen molar-refractivity contribution in [3.05, 3.63) is 18.3 Å². The normalized spacial score (nSPS) is 11.8. The molecule has 0 bridgehead atoms. The molecule has 1 heterocycles. The topological polar surface area (TPSA) is 103 Å². The molecule has 0 unspecified atom stereocenters. The fraction of sp³-hybridized carbons (Fsp3) is 0.583. The largest absolute Gasteiger partial charge is 0.395 e. The van der Waals surface area contributed by atoms with Gasteiger partial charge in [-0.1, -0.05) is 6.92 Å². The second-order valence-electron chi connectivity index (χ2n) is 4.15. The molecule has 7 nitrogen and oxygen atoms in total. The molecule has 0 aliphatic heterocycles. The van der Waals surface area contributed by atoms with Gasteiger partial charge in [0.15, 0.2) is 0 Å². The first-order valence-electron chi connectivity index (χ1n) is 6.48. The zero-order valence-corrected chi connectivity index (χ0v) is 12.3. The minimum atomic E-state index is -3.74. The lowest BCUT2D eigenvalue weighted by molar-refractivity contribution is 0.217. The fourth-order valence-electron chi connectivity index (χ4n) is 1.65. The van der Waals surface area contributed by atoms with Gasteiger partial charge in [0.1, 0.15) is 5.82 Å². The summed E-state index contributed by atoms with van der Waals surface area (Å²) in [7, 11) is -3.74. The molecule has 20 heavy (non-hydrogen) atoms. The highest BCUT2D eigenvalue weighted by Gasteiger charge is 2.23. The monoisotopic (exact) mass is 303 g/mol. The Labute approximate surface area is 119 Å². The summed E-state index contributed by atoms with van der Waals surface area (Å²) >= 11 is 0. The SMILES string of the molecule is CCCNc1cc(S(=O)(=O)N(CCO)CCO)ccn1. The van der Waals surface area contributed by atoms with Gasteiger partial charge in [0.05, 0.1) is 18.1 Å². The Bertz CT molecular complexity index is 501. The van der Waals surface area contributed by atoms with Crippen LogP contribution in [0.1, 0.15) is 13.3 Å². The molecule has 0 saturated heterocycles. The number of nitrogens with one attached hydrogen (secondary N) is 1. The molecule has 114 valence electrons. The summed E-state index contributed by atoms with van der Waals surface area (Å²) in [5.74, 6) is 0.487. The van der Waals surface area contributed by atoms with Gasteiger partial charge in [-0.25, -0.2) is 13.4 Å². The van der Waals surface area contributed by atoms with Crippen molar-refractivity contribution < 1.29 is 18.6 Å². The maximum absolute atomic E-state index is 12.4. The molecule has 1 aromatic rings. The molecular formula is C12H21N3O4S. The van der Waals surface area contributed by atoms with E-state index in [-0.39, 0.29) is 31.2 Å². The molecule has 3 N–H and O–H groups in total. The summed E-state index contributed by atoms with van der Waals surface area (Å²) in [6.45, 7) is 1.99. The molecule has 0 aromatic carbocycles. The summed E-state index contributed by atoms with van der Waals surface area (Å²) in [6.07, 6.45) is 2.32. The van der Waals surface area contributed by atoms with Crippen LogP contribution < -0.4 is 5.32 Å². The molecule has 0 amide bonds. The summed E-state index contributed by atoms with van der Waals surface area (Å²) in [5.41, 5.74) is 0. The van der Waals surface area contributed by atoms with E-state index in [1.54, 1.807) is 0 Å². The highest BCUT2D eigenvalue weighted by molar-refractivity contribution is 7.89. The lowest BCUT2D eigenvalue weighted by atomic mass is 10.4. The molecule has 1 aromatic heterocycles. The highest BCUT2D eigenvalue weighted by Crippen LogP contribution is 2.17. The van der Waals surface area contributed by atoms with E-state index in [2.05, 4.69) is 10.3 Å². The maximum Gasteiger partial charge on any atom is 0.243 e. The first kappa shape index (κ1) is 16.8. The molecule has 8 heteroatoms. The van der Waals surface area contributed by atoms with Crippen LogP contribution in [-0.2, 0) is 10.0 Å². The molecule has 1 rings (SSSR count). The van der Waals surface area contributed by atoms with Gasteiger partial charge in [0.2, 0.25) is 10.0 Å². The van der Waals surface area contributed by atoms with E-state index in [9.17, 15) is 8.42 Å². The van der Waals surface area contributed by atoms with Gasteiger partial charge < -0.3 is 15.5 Å². The summed E-state index contributed by atoms with van der Waals surface area (Å²) < 4.78 is 25.8. The summed E-state index contributed by atoms with van der Waals surface area (Å²) in [6, 6.07) is 2.85. The zero-order valence-electron chi connectivity index (χ0n) is 11.5. The lowest BCUT2D eigenvalue weighted by Gasteiger charge is -2.20. The van der Waals surface area contributed by atoms with Crippen molar-refractivity contribution in [3.63, 3.8) is 0 Å². The number of sulfonamides is 1. The maximum atomic E-state index is 12.4. The third kappa shape index (κ3) is 4.41. The number of hydrogen-bond acceptors (Lipinski definition) is 6. The van der Waals surface area contributed by atoms with Crippen molar-refractivity contribution in [2.75, 3.05) is 38.2 Å². The Balaban J connectivity index is 3.00. The van der Waals surface area contributed by atoms with Crippen molar-refractivity contribution in [1.82, 2.24) is 9.29 Å². The highest BCUT2D eigenvalue weighted by atomic mass is 32.2. The number of aromatic nitrogens is 1. The van der Waals surface area contributed by atoms with Gasteiger partial charge in [0.25, 0.3) is 0 Å². The second-order valence-corrected chi connectivity index (χ2v) is 6.09. The van der Waals surface area contributed by atoms with Crippen molar-refractivity contribution in [2.24, 2.45) is 0 Å². The molecule has 0 fully saturated rings. The van der Waals surface area contributed by atoms with Crippen LogP contribution in [0.5, 0.6) is 0 Å². The number of aliphatic hydroxyl groups excluding tert-OH is 2. The van der Waals surface area contributed by atoms with E-state index in [0.29, 0.717) is 12.4 Å². The molecular weight excluding hydrogens is 282 g/mol. The average molecular weight is 303 g/mol. The fourth-order valence-corrected chi connectivity index (χ4v) is 3.08. The number of anilines is 1. The number of nitrogens with zero attached hydrogens (tertiary/aromatic N) is 2. The summed E-state index contributed by atoms with van der Waals surface area (Å²) in [5, 5.41) is 20.9. The molecule has 0 spiro atoms. The minimum absolute atomic E-state index is 0.0526. The quantitative estimate of drug-likeness (QED) is 0.588. The van der Waals surface area contributed by atoms with Crippen molar-refractivity contribution >= 4 is 15.8 Å². The van der Waals surface area contributed by atoms with Crippen LogP contribution in [-0.4, -0.2) is 60.8 Å². The third-order valence-corrected chi connectivity index (χ3v) is 4.52. The Hall–Kier alpha value is -1.22. The first-order chi connectivity index (χ1) is 9.56. The van der Waals surface area contributed by atoms with Crippen molar-refractivity contribution in [2.45, 2.75) is 18.2 Å².